The Morgan fingerprint density at radius 2 is 1.11 bits per heavy atom. The summed E-state index contributed by atoms with van der Waals surface area (Å²) in [5.74, 6) is 0.750. The third kappa shape index (κ3) is 5.12. The lowest BCUT2D eigenvalue weighted by Gasteiger charge is -2.39. The van der Waals surface area contributed by atoms with E-state index in [1.165, 1.54) is 16.4 Å². The van der Waals surface area contributed by atoms with E-state index in [1.807, 2.05) is 16.9 Å². The second-order valence-electron chi connectivity index (χ2n) is 9.74. The molecule has 35 heavy (non-hydrogen) atoms. The second-order valence-corrected chi connectivity index (χ2v) is 12.7. The van der Waals surface area contributed by atoms with Gasteiger partial charge in [0.25, 0.3) is 0 Å². The molecule has 0 amide bonds. The third-order valence-corrected chi connectivity index (χ3v) is 10.1. The molecule has 0 saturated heterocycles. The minimum atomic E-state index is -2.36. The van der Waals surface area contributed by atoms with E-state index in [1.54, 1.807) is 0 Å². The molecule has 4 aromatic carbocycles. The number of anilines is 1. The van der Waals surface area contributed by atoms with E-state index in [4.69, 9.17) is 15.5 Å². The molecule has 0 fully saturated rings. The van der Waals surface area contributed by atoms with E-state index in [9.17, 15) is 0 Å². The largest absolute Gasteiger partial charge is 0.420 e. The van der Waals surface area contributed by atoms with Crippen molar-refractivity contribution in [2.45, 2.75) is 46.1 Å². The molecule has 1 nitrogen and oxygen atoms in total. The first kappa shape index (κ1) is 25.3. The molecule has 0 aromatic heterocycles. The van der Waals surface area contributed by atoms with E-state index < -0.39 is 7.14 Å². The summed E-state index contributed by atoms with van der Waals surface area (Å²) in [7, 11) is 12.0. The summed E-state index contributed by atoms with van der Waals surface area (Å²) in [6.45, 7) is 9.49. The van der Waals surface area contributed by atoms with Crippen LogP contribution in [0, 0.1) is 0 Å². The van der Waals surface area contributed by atoms with Crippen molar-refractivity contribution < 1.29 is 0 Å². The Labute approximate surface area is 214 Å². The highest BCUT2D eigenvalue weighted by atomic mass is 31.2. The zero-order valence-corrected chi connectivity index (χ0v) is 22.1. The predicted molar refractivity (Wildman–Crippen MR) is 157 cm³/mol. The van der Waals surface area contributed by atoms with Gasteiger partial charge in [-0.25, -0.2) is 0 Å². The maximum absolute atomic E-state index is 7.49. The van der Waals surface area contributed by atoms with Gasteiger partial charge in [0.05, 0.1) is 15.9 Å². The third-order valence-electron chi connectivity index (χ3n) is 6.67. The van der Waals surface area contributed by atoms with E-state index in [0.717, 1.165) is 21.9 Å². The van der Waals surface area contributed by atoms with Gasteiger partial charge in [-0.15, -0.1) is 0 Å². The monoisotopic (exact) mass is 472 g/mol. The van der Waals surface area contributed by atoms with Crippen LogP contribution in [0.5, 0.6) is 0 Å². The normalized spacial score (nSPS) is 11.7. The Bertz CT molecular complexity index is 1190. The molecule has 4 heteroatoms. The lowest BCUT2D eigenvalue weighted by Crippen LogP contribution is -2.35. The van der Waals surface area contributed by atoms with Crippen LogP contribution in [0.3, 0.4) is 0 Å². The van der Waals surface area contributed by atoms with Crippen LogP contribution < -0.4 is 20.7 Å². The van der Waals surface area contributed by atoms with Crippen LogP contribution in [-0.2, 0) is 6.54 Å². The molecule has 0 saturated carbocycles. The molecule has 4 rings (SSSR count). The Morgan fingerprint density at radius 3 is 1.60 bits per heavy atom. The number of benzene rings is 4. The van der Waals surface area contributed by atoms with Gasteiger partial charge in [-0.3, -0.25) is 7.57 Å². The molecule has 0 aliphatic carbocycles. The first-order valence-electron chi connectivity index (χ1n) is 12.4. The van der Waals surface area contributed by atoms with Gasteiger partial charge in [-0.05, 0) is 53.3 Å². The van der Waals surface area contributed by atoms with Crippen LogP contribution in [0.1, 0.15) is 56.2 Å². The molecule has 0 atom stereocenters. The molecule has 173 valence electrons. The van der Waals surface area contributed by atoms with Gasteiger partial charge in [0, 0.05) is 17.8 Å². The summed E-state index contributed by atoms with van der Waals surface area (Å²) in [6.07, 6.45) is 0. The second kappa shape index (κ2) is 10.9. The Hall–Kier alpha value is -2.76. The Morgan fingerprint density at radius 1 is 0.657 bits per heavy atom. The number of nitrogens with zero attached hydrogens (tertiary/aromatic N) is 1. The fourth-order valence-electron chi connectivity index (χ4n) is 4.85. The SMILES string of the molecule is [B]N(Cc1ccccc1[P+]([B-])(c1ccccc1)c1ccccc1)c1c(C(C)C)cccc1C(C)C. The van der Waals surface area contributed by atoms with Crippen LogP contribution >= 0.6 is 7.14 Å². The highest BCUT2D eigenvalue weighted by Crippen LogP contribution is 2.51. The standard InChI is InChI=1S/C31H33B2NP/c1-23(2)28-19-13-20-29(24(3)4)31(28)34(32)22-25-14-11-12-21-30(25)35(33,26-15-7-5-8-16-26)27-17-9-6-10-18-27/h5-21,23-24H,22H2,1-4H3. The van der Waals surface area contributed by atoms with Crippen molar-refractivity contribution in [1.29, 1.82) is 0 Å². The van der Waals surface area contributed by atoms with Crippen molar-refractivity contribution in [3.8, 4) is 0 Å². The number of hydrogen-bond acceptors (Lipinski definition) is 1. The zero-order chi connectivity index (χ0) is 25.0. The minimum Gasteiger partial charge on any atom is -0.420 e. The minimum absolute atomic E-state index is 0.375. The van der Waals surface area contributed by atoms with Gasteiger partial charge in [-0.1, -0.05) is 100 Å². The zero-order valence-electron chi connectivity index (χ0n) is 21.2. The van der Waals surface area contributed by atoms with E-state index in [0.29, 0.717) is 18.4 Å². The van der Waals surface area contributed by atoms with Gasteiger partial charge >= 0.3 is 0 Å². The van der Waals surface area contributed by atoms with Crippen molar-refractivity contribution in [3.05, 3.63) is 120 Å². The molecule has 0 heterocycles. The first-order chi connectivity index (χ1) is 16.8. The lowest BCUT2D eigenvalue weighted by molar-refractivity contribution is 0.822. The van der Waals surface area contributed by atoms with Crippen LogP contribution in [0.2, 0.25) is 0 Å². The number of para-hydroxylation sites is 1. The van der Waals surface area contributed by atoms with E-state index in [-0.39, 0.29) is 0 Å². The molecule has 0 aliphatic rings. The lowest BCUT2D eigenvalue weighted by atomic mass is 9.90. The molecule has 0 bridgehead atoms. The van der Waals surface area contributed by atoms with Gasteiger partial charge in [0.15, 0.2) is 0 Å². The summed E-state index contributed by atoms with van der Waals surface area (Å²) in [6, 6.07) is 36.1. The van der Waals surface area contributed by atoms with Crippen molar-refractivity contribution in [2.75, 3.05) is 4.81 Å². The van der Waals surface area contributed by atoms with Gasteiger partial charge in [0.2, 0.25) is 7.98 Å². The number of rotatable bonds is 8. The van der Waals surface area contributed by atoms with Crippen LogP contribution in [0.4, 0.5) is 5.69 Å². The molecular weight excluding hydrogens is 439 g/mol. The first-order valence-corrected chi connectivity index (χ1v) is 14.2. The van der Waals surface area contributed by atoms with Crippen LogP contribution in [-0.4, -0.2) is 15.5 Å². The summed E-state index contributed by atoms with van der Waals surface area (Å²) in [5, 5.41) is 3.49. The smallest absolute Gasteiger partial charge is 0.227 e. The molecule has 0 aliphatic heterocycles. The van der Waals surface area contributed by atoms with Crippen molar-refractivity contribution >= 4 is 44.3 Å². The molecule has 5 radical (unpaired) electrons. The van der Waals surface area contributed by atoms with Crippen LogP contribution in [0.25, 0.3) is 0 Å². The molecule has 0 N–H and O–H groups in total. The van der Waals surface area contributed by atoms with Crippen molar-refractivity contribution in [3.63, 3.8) is 0 Å². The topological polar surface area (TPSA) is 3.24 Å². The summed E-state index contributed by atoms with van der Waals surface area (Å²) in [5.41, 5.74) is 4.84. The average molecular weight is 472 g/mol. The van der Waals surface area contributed by atoms with E-state index >= 15 is 0 Å². The Balaban J connectivity index is 1.85. The molecular formula is C31H33B2NP. The molecule has 0 unspecified atom stereocenters. The van der Waals surface area contributed by atoms with Gasteiger partial charge < -0.3 is 4.81 Å². The highest BCUT2D eigenvalue weighted by molar-refractivity contribution is 8.13. The maximum atomic E-state index is 7.49. The summed E-state index contributed by atoms with van der Waals surface area (Å²) < 4.78 is 0. The fraction of sp³-hybridized carbons (Fsp3) is 0.226. The molecule has 0 spiro atoms. The quantitative estimate of drug-likeness (QED) is 0.212. The highest BCUT2D eigenvalue weighted by Gasteiger charge is 2.30. The average Bonchev–Trinajstić information content (AvgIpc) is 2.89. The maximum Gasteiger partial charge on any atom is 0.227 e. The van der Waals surface area contributed by atoms with Crippen molar-refractivity contribution in [2.24, 2.45) is 0 Å². The molecule has 4 aromatic rings. The fourth-order valence-corrected chi connectivity index (χ4v) is 7.91. The predicted octanol–water partition coefficient (Wildman–Crippen LogP) is 6.40. The summed E-state index contributed by atoms with van der Waals surface area (Å²) >= 11 is 0. The van der Waals surface area contributed by atoms with Crippen LogP contribution in [0.15, 0.2) is 103 Å². The van der Waals surface area contributed by atoms with Gasteiger partial charge in [0.1, 0.15) is 0 Å². The summed E-state index contributed by atoms with van der Waals surface area (Å²) in [4.78, 5) is 1.93. The van der Waals surface area contributed by atoms with E-state index in [2.05, 4.69) is 119 Å². The Kier molecular flexibility index (Phi) is 7.88. The van der Waals surface area contributed by atoms with Crippen molar-refractivity contribution in [1.82, 2.24) is 0 Å². The number of hydrogen-bond donors (Lipinski definition) is 0. The van der Waals surface area contributed by atoms with Gasteiger partial charge in [-0.2, -0.15) is 7.14 Å².